The third kappa shape index (κ3) is 3.20. The first-order valence-electron chi connectivity index (χ1n) is 11.8. The van der Waals surface area contributed by atoms with Crippen LogP contribution in [0.5, 0.6) is 0 Å². The Bertz CT molecular complexity index is 842. The van der Waals surface area contributed by atoms with Crippen LogP contribution in [0.2, 0.25) is 10.6 Å². The molecule has 1 heterocycles. The van der Waals surface area contributed by atoms with E-state index in [1.165, 1.54) is 0 Å². The molecule has 162 valence electrons. The molecule has 0 aromatic heterocycles. The van der Waals surface area contributed by atoms with Crippen molar-refractivity contribution in [2.45, 2.75) is 91.2 Å². The molecule has 0 spiro atoms. The van der Waals surface area contributed by atoms with Crippen LogP contribution in [-0.4, -0.2) is 23.1 Å². The summed E-state index contributed by atoms with van der Waals surface area (Å²) in [5.41, 5.74) is 2.42. The molecule has 1 saturated heterocycles. The van der Waals surface area contributed by atoms with Crippen molar-refractivity contribution in [3.05, 3.63) is 60.7 Å². The largest absolute Gasteiger partial charge is 0.299 e. The fourth-order valence-corrected chi connectivity index (χ4v) is 27.6. The van der Waals surface area contributed by atoms with Crippen LogP contribution in [0.4, 0.5) is 0 Å². The molecule has 1 fully saturated rings. The third-order valence-corrected chi connectivity index (χ3v) is 23.4. The Labute approximate surface area is 188 Å². The molecule has 0 N–H and O–H groups in total. The molecule has 0 radical (unpaired) electrons. The number of rotatable bonds is 4. The van der Waals surface area contributed by atoms with Gasteiger partial charge >= 0.3 is 0 Å². The van der Waals surface area contributed by atoms with Gasteiger partial charge in [0.25, 0.3) is 6.15 Å². The Balaban J connectivity index is 2.50. The molecule has 2 atom stereocenters. The zero-order valence-electron chi connectivity index (χ0n) is 21.0. The molecule has 1 aliphatic heterocycles. The molecule has 0 bridgehead atoms. The minimum atomic E-state index is -1.36. The molecule has 2 aromatic carbocycles. The molecule has 30 heavy (non-hydrogen) atoms. The molecule has 0 aliphatic carbocycles. The highest BCUT2D eigenvalue weighted by Gasteiger charge is 2.81. The van der Waals surface area contributed by atoms with E-state index in [9.17, 15) is 0 Å². The minimum absolute atomic E-state index is 0.257. The van der Waals surface area contributed by atoms with E-state index in [1.807, 2.05) is 0 Å². The van der Waals surface area contributed by atoms with E-state index in [0.717, 1.165) is 17.5 Å². The predicted octanol–water partition coefficient (Wildman–Crippen LogP) is 8.08. The van der Waals surface area contributed by atoms with Gasteiger partial charge in [0.15, 0.2) is 0 Å². The van der Waals surface area contributed by atoms with E-state index in [2.05, 4.69) is 130 Å². The van der Waals surface area contributed by atoms with Crippen molar-refractivity contribution >= 4 is 37.2 Å². The lowest BCUT2D eigenvalue weighted by atomic mass is 9.46. The van der Waals surface area contributed by atoms with Crippen molar-refractivity contribution in [1.29, 1.82) is 0 Å². The fourth-order valence-electron chi connectivity index (χ4n) is 7.57. The van der Waals surface area contributed by atoms with Gasteiger partial charge in [-0.1, -0.05) is 108 Å². The summed E-state index contributed by atoms with van der Waals surface area (Å²) in [6.07, 6.45) is 0.807. The number of hydrogen-bond donors (Lipinski definition) is 0. The summed E-state index contributed by atoms with van der Waals surface area (Å²) < 4.78 is 0. The van der Waals surface area contributed by atoms with Crippen LogP contribution in [0.25, 0.3) is 0 Å². The van der Waals surface area contributed by atoms with Gasteiger partial charge < -0.3 is 0 Å². The Hall–Kier alpha value is -0.570. The second-order valence-electron chi connectivity index (χ2n) is 12.1. The standard InChI is InChI=1S/C26H42B2P2/c1-21(2)30(22(3)4)27(25(5,6)7)29(24-19-15-12-16-20-24)28(30,26(8,9)10)23-17-13-11-14-18-23/h11-22H,1-10H3. The average molecular weight is 438 g/mol. The lowest BCUT2D eigenvalue weighted by Crippen LogP contribution is -2.73. The molecular weight excluding hydrogens is 396 g/mol. The van der Waals surface area contributed by atoms with Gasteiger partial charge in [-0.05, 0) is 33.0 Å². The second kappa shape index (κ2) is 8.09. The molecule has 0 saturated carbocycles. The fraction of sp³-hybridized carbons (Fsp3) is 0.538. The molecule has 2 aromatic rings. The van der Waals surface area contributed by atoms with E-state index in [1.54, 1.807) is 10.8 Å². The quantitative estimate of drug-likeness (QED) is 0.335. The highest BCUT2D eigenvalue weighted by Crippen LogP contribution is 3.00. The highest BCUT2D eigenvalue weighted by atomic mass is 31.3. The van der Waals surface area contributed by atoms with Crippen LogP contribution in [0, 0.1) is 0 Å². The predicted molar refractivity (Wildman–Crippen MR) is 147 cm³/mol. The highest BCUT2D eigenvalue weighted by molar-refractivity contribution is 8.72. The summed E-state index contributed by atoms with van der Waals surface area (Å²) in [5.74, 6) is 0. The van der Waals surface area contributed by atoms with Gasteiger partial charge in [-0.15, -0.1) is 5.31 Å². The van der Waals surface area contributed by atoms with Gasteiger partial charge in [-0.3, -0.25) is 0 Å². The maximum Gasteiger partial charge on any atom is 0.299 e. The number of benzene rings is 2. The van der Waals surface area contributed by atoms with Gasteiger partial charge in [0.1, 0.15) is 0 Å². The molecule has 2 unspecified atom stereocenters. The van der Waals surface area contributed by atoms with Crippen molar-refractivity contribution in [2.75, 3.05) is 0 Å². The first kappa shape index (κ1) is 24.1. The maximum absolute atomic E-state index is 2.57. The van der Waals surface area contributed by atoms with E-state index >= 15 is 0 Å². The van der Waals surface area contributed by atoms with E-state index < -0.39 is 12.6 Å². The lowest BCUT2D eigenvalue weighted by Gasteiger charge is -2.79. The van der Waals surface area contributed by atoms with Crippen LogP contribution in [0.1, 0.15) is 69.2 Å². The molecule has 1 aliphatic rings. The van der Waals surface area contributed by atoms with Crippen molar-refractivity contribution in [2.24, 2.45) is 0 Å². The van der Waals surface area contributed by atoms with E-state index in [4.69, 9.17) is 0 Å². The lowest BCUT2D eigenvalue weighted by molar-refractivity contribution is 0.740. The summed E-state index contributed by atoms with van der Waals surface area (Å²) in [4.78, 5) is 0. The van der Waals surface area contributed by atoms with Crippen molar-refractivity contribution in [1.82, 2.24) is 0 Å². The summed E-state index contributed by atoms with van der Waals surface area (Å²) in [5, 5.41) is 2.20. The Morgan fingerprint density at radius 1 is 0.733 bits per heavy atom. The van der Waals surface area contributed by atoms with Crippen LogP contribution in [0.3, 0.4) is 0 Å². The Morgan fingerprint density at radius 2 is 1.17 bits per heavy atom. The average Bonchev–Trinajstić information content (AvgIpc) is 2.60. The normalized spacial score (nSPS) is 24.3. The zero-order chi connectivity index (χ0) is 22.5. The van der Waals surface area contributed by atoms with Crippen molar-refractivity contribution in [3.8, 4) is 0 Å². The maximum atomic E-state index is 2.57. The summed E-state index contributed by atoms with van der Waals surface area (Å²) in [6.45, 7) is 25.6. The molecule has 3 rings (SSSR count). The first-order valence-corrected chi connectivity index (χ1v) is 15.3. The van der Waals surface area contributed by atoms with Gasteiger partial charge in [0, 0.05) is 11.3 Å². The molecule has 0 nitrogen and oxygen atoms in total. The van der Waals surface area contributed by atoms with Crippen molar-refractivity contribution < 1.29 is 0 Å². The SMILES string of the molecule is CC(C)[P+]1(C(C)C)B(C(C)(C)C)P(c2ccccc2)[B-]1(c1ccccc1)C(C)(C)C. The summed E-state index contributed by atoms with van der Waals surface area (Å²) in [7, 11) is -1.66. The third-order valence-electron chi connectivity index (χ3n) is 7.83. The van der Waals surface area contributed by atoms with Gasteiger partial charge in [-0.25, -0.2) is 0 Å². The topological polar surface area (TPSA) is 0 Å². The van der Waals surface area contributed by atoms with Crippen LogP contribution in [-0.2, 0) is 0 Å². The van der Waals surface area contributed by atoms with Gasteiger partial charge in [-0.2, -0.15) is 20.2 Å². The molecular formula is C26H42B2P2. The first-order chi connectivity index (χ1) is 13.8. The smallest absolute Gasteiger partial charge is 0.183 e. The summed E-state index contributed by atoms with van der Waals surface area (Å²) >= 11 is 0. The van der Waals surface area contributed by atoms with Gasteiger partial charge in [0.05, 0.1) is 0 Å². The van der Waals surface area contributed by atoms with Gasteiger partial charge in [0.2, 0.25) is 5.59 Å². The molecule has 4 heteroatoms. The monoisotopic (exact) mass is 438 g/mol. The Morgan fingerprint density at radius 3 is 1.53 bits per heavy atom. The Kier molecular flexibility index (Phi) is 6.49. The summed E-state index contributed by atoms with van der Waals surface area (Å²) in [6, 6.07) is 23.4. The zero-order valence-corrected chi connectivity index (χ0v) is 22.8. The van der Waals surface area contributed by atoms with E-state index in [-0.39, 0.29) is 13.0 Å². The van der Waals surface area contributed by atoms with Crippen LogP contribution >= 0.6 is 14.7 Å². The number of hydrogen-bond acceptors (Lipinski definition) is 0. The van der Waals surface area contributed by atoms with Crippen LogP contribution in [0.15, 0.2) is 60.7 Å². The van der Waals surface area contributed by atoms with E-state index in [0.29, 0.717) is 5.31 Å². The second-order valence-corrected chi connectivity index (χ2v) is 20.7. The van der Waals surface area contributed by atoms with Crippen LogP contribution < -0.4 is 10.8 Å². The molecule has 0 amide bonds. The van der Waals surface area contributed by atoms with Crippen molar-refractivity contribution in [3.63, 3.8) is 0 Å². The minimum Gasteiger partial charge on any atom is -0.183 e.